The molecule has 0 atom stereocenters. The molecule has 0 amide bonds. The number of hydrogen-bond donors (Lipinski definition) is 0. The van der Waals surface area contributed by atoms with Gasteiger partial charge in [0.2, 0.25) is 0 Å². The minimum atomic E-state index is 0.624. The second kappa shape index (κ2) is 3.77. The maximum atomic E-state index is 5.35. The molecule has 1 aromatic carbocycles. The van der Waals surface area contributed by atoms with E-state index in [0.717, 1.165) is 22.2 Å². The van der Waals surface area contributed by atoms with Crippen molar-refractivity contribution in [1.82, 2.24) is 5.16 Å². The molecule has 0 fully saturated rings. The molecule has 1 heterocycles. The van der Waals surface area contributed by atoms with Crippen LogP contribution in [0.4, 0.5) is 0 Å². The summed E-state index contributed by atoms with van der Waals surface area (Å²) in [5.41, 5.74) is 2.65. The fraction of sp³-hybridized carbons (Fsp3) is 0.250. The maximum absolute atomic E-state index is 5.35. The lowest BCUT2D eigenvalue weighted by molar-refractivity contribution is 0.299. The lowest BCUT2D eigenvalue weighted by Gasteiger charge is -2.06. The molecule has 78 valence electrons. The molecule has 2 aromatic rings. The van der Waals surface area contributed by atoms with E-state index in [1.807, 2.05) is 32.0 Å². The molecule has 3 nitrogen and oxygen atoms in total. The summed E-state index contributed by atoms with van der Waals surface area (Å²) in [7, 11) is 0. The molecule has 15 heavy (non-hydrogen) atoms. The molecule has 0 radical (unpaired) electrons. The van der Waals surface area contributed by atoms with Crippen LogP contribution in [0.5, 0.6) is 0 Å². The summed E-state index contributed by atoms with van der Waals surface area (Å²) in [5.74, 6) is 0.681. The van der Waals surface area contributed by atoms with Gasteiger partial charge in [-0.3, -0.25) is 0 Å². The molecular weight excluding hydrogens is 190 g/mol. The predicted octanol–water partition coefficient (Wildman–Crippen LogP) is 3.14. The number of aryl methyl sites for hydroxylation is 1. The van der Waals surface area contributed by atoms with Crippen LogP contribution >= 0.6 is 0 Å². The van der Waals surface area contributed by atoms with Crippen LogP contribution in [0.15, 0.2) is 29.3 Å². The summed E-state index contributed by atoms with van der Waals surface area (Å²) in [6.07, 6.45) is 0. The maximum Gasteiger partial charge on any atom is 0.167 e. The average molecular weight is 203 g/mol. The van der Waals surface area contributed by atoms with Crippen molar-refractivity contribution in [2.75, 3.05) is 6.61 Å². The molecule has 2 rings (SSSR count). The largest absolute Gasteiger partial charge is 0.494 e. The van der Waals surface area contributed by atoms with Crippen LogP contribution in [-0.2, 0) is 4.74 Å². The van der Waals surface area contributed by atoms with E-state index >= 15 is 0 Å². The molecule has 0 saturated heterocycles. The lowest BCUT2D eigenvalue weighted by atomic mass is 10.1. The zero-order valence-corrected chi connectivity index (χ0v) is 8.91. The van der Waals surface area contributed by atoms with E-state index in [4.69, 9.17) is 9.26 Å². The number of rotatable bonds is 3. The Morgan fingerprint density at radius 2 is 2.33 bits per heavy atom. The van der Waals surface area contributed by atoms with Gasteiger partial charge in [0.25, 0.3) is 0 Å². The summed E-state index contributed by atoms with van der Waals surface area (Å²) in [4.78, 5) is 0. The second-order valence-electron chi connectivity index (χ2n) is 3.34. The number of nitrogens with zero attached hydrogens (tertiary/aromatic N) is 1. The Morgan fingerprint density at radius 3 is 3.07 bits per heavy atom. The van der Waals surface area contributed by atoms with Crippen LogP contribution in [0, 0.1) is 6.92 Å². The van der Waals surface area contributed by atoms with Crippen LogP contribution in [0.2, 0.25) is 0 Å². The van der Waals surface area contributed by atoms with Crippen molar-refractivity contribution >= 4 is 16.7 Å². The molecule has 0 aliphatic rings. The topological polar surface area (TPSA) is 35.3 Å². The van der Waals surface area contributed by atoms with Gasteiger partial charge in [0.1, 0.15) is 5.76 Å². The van der Waals surface area contributed by atoms with E-state index in [1.165, 1.54) is 0 Å². The number of hydrogen-bond acceptors (Lipinski definition) is 3. The quantitative estimate of drug-likeness (QED) is 0.719. The highest BCUT2D eigenvalue weighted by Gasteiger charge is 2.06. The van der Waals surface area contributed by atoms with Crippen LogP contribution in [0.25, 0.3) is 16.7 Å². The first-order chi connectivity index (χ1) is 7.22. The summed E-state index contributed by atoms with van der Waals surface area (Å²) >= 11 is 0. The second-order valence-corrected chi connectivity index (χ2v) is 3.34. The van der Waals surface area contributed by atoms with Gasteiger partial charge >= 0.3 is 0 Å². The summed E-state index contributed by atoms with van der Waals surface area (Å²) in [6.45, 7) is 8.34. The van der Waals surface area contributed by atoms with Crippen LogP contribution in [0.3, 0.4) is 0 Å². The Balaban J connectivity index is 2.45. The van der Waals surface area contributed by atoms with E-state index in [0.29, 0.717) is 12.4 Å². The zero-order chi connectivity index (χ0) is 10.8. The van der Waals surface area contributed by atoms with Gasteiger partial charge in [-0.2, -0.15) is 0 Å². The first-order valence-electron chi connectivity index (χ1n) is 4.90. The number of aromatic nitrogens is 1. The van der Waals surface area contributed by atoms with E-state index in [9.17, 15) is 0 Å². The number of ether oxygens (including phenoxy) is 1. The van der Waals surface area contributed by atoms with Gasteiger partial charge in [0.15, 0.2) is 5.58 Å². The standard InChI is InChI=1S/C12H13NO2/c1-4-14-9(3)10-5-6-12-11(7-10)8(2)13-15-12/h5-7H,3-4H2,1-2H3. The number of benzene rings is 1. The third-order valence-corrected chi connectivity index (χ3v) is 2.29. The van der Waals surface area contributed by atoms with Crippen LogP contribution in [-0.4, -0.2) is 11.8 Å². The first kappa shape index (κ1) is 9.77. The summed E-state index contributed by atoms with van der Waals surface area (Å²) in [5, 5.41) is 4.90. The highest BCUT2D eigenvalue weighted by Crippen LogP contribution is 2.23. The minimum Gasteiger partial charge on any atom is -0.494 e. The lowest BCUT2D eigenvalue weighted by Crippen LogP contribution is -1.89. The van der Waals surface area contributed by atoms with Gasteiger partial charge in [-0.25, -0.2) is 0 Å². The van der Waals surface area contributed by atoms with Crippen molar-refractivity contribution in [3.63, 3.8) is 0 Å². The van der Waals surface area contributed by atoms with Crippen LogP contribution < -0.4 is 0 Å². The molecular formula is C12H13NO2. The Labute approximate surface area is 88.3 Å². The average Bonchev–Trinajstić information content (AvgIpc) is 2.60. The smallest absolute Gasteiger partial charge is 0.167 e. The third-order valence-electron chi connectivity index (χ3n) is 2.29. The Bertz CT molecular complexity index is 499. The third kappa shape index (κ3) is 1.73. The van der Waals surface area contributed by atoms with Crippen molar-refractivity contribution in [2.24, 2.45) is 0 Å². The summed E-state index contributed by atoms with van der Waals surface area (Å²) < 4.78 is 10.5. The highest BCUT2D eigenvalue weighted by molar-refractivity contribution is 5.82. The molecule has 0 unspecified atom stereocenters. The highest BCUT2D eigenvalue weighted by atomic mass is 16.5. The van der Waals surface area contributed by atoms with Gasteiger partial charge in [0.05, 0.1) is 12.3 Å². The van der Waals surface area contributed by atoms with Gasteiger partial charge in [-0.1, -0.05) is 11.7 Å². The Kier molecular flexibility index (Phi) is 2.46. The molecule has 0 saturated carbocycles. The Morgan fingerprint density at radius 1 is 1.53 bits per heavy atom. The molecule has 3 heteroatoms. The van der Waals surface area contributed by atoms with E-state index < -0.39 is 0 Å². The molecule has 1 aromatic heterocycles. The van der Waals surface area contributed by atoms with Crippen molar-refractivity contribution in [2.45, 2.75) is 13.8 Å². The Hall–Kier alpha value is -1.77. The molecule has 0 aliphatic heterocycles. The van der Waals surface area contributed by atoms with E-state index in [2.05, 4.69) is 11.7 Å². The van der Waals surface area contributed by atoms with Gasteiger partial charge in [-0.05, 0) is 32.0 Å². The van der Waals surface area contributed by atoms with E-state index in [-0.39, 0.29) is 0 Å². The fourth-order valence-electron chi connectivity index (χ4n) is 1.49. The van der Waals surface area contributed by atoms with Crippen molar-refractivity contribution in [3.05, 3.63) is 36.0 Å². The molecule has 0 N–H and O–H groups in total. The SMILES string of the molecule is C=C(OCC)c1ccc2onc(C)c2c1. The van der Waals surface area contributed by atoms with Gasteiger partial charge in [0, 0.05) is 10.9 Å². The van der Waals surface area contributed by atoms with Gasteiger partial charge < -0.3 is 9.26 Å². The predicted molar refractivity (Wildman–Crippen MR) is 59.4 cm³/mol. The van der Waals surface area contributed by atoms with Crippen molar-refractivity contribution < 1.29 is 9.26 Å². The van der Waals surface area contributed by atoms with Crippen molar-refractivity contribution in [3.8, 4) is 0 Å². The normalized spacial score (nSPS) is 10.5. The molecule has 0 spiro atoms. The van der Waals surface area contributed by atoms with Crippen molar-refractivity contribution in [1.29, 1.82) is 0 Å². The molecule has 0 aliphatic carbocycles. The first-order valence-corrected chi connectivity index (χ1v) is 4.90. The fourth-order valence-corrected chi connectivity index (χ4v) is 1.49. The summed E-state index contributed by atoms with van der Waals surface area (Å²) in [6, 6.07) is 5.79. The van der Waals surface area contributed by atoms with Gasteiger partial charge in [-0.15, -0.1) is 0 Å². The molecule has 0 bridgehead atoms. The van der Waals surface area contributed by atoms with Crippen LogP contribution in [0.1, 0.15) is 18.2 Å². The monoisotopic (exact) mass is 203 g/mol. The number of fused-ring (bicyclic) bond motifs is 1. The van der Waals surface area contributed by atoms with E-state index in [1.54, 1.807) is 0 Å². The zero-order valence-electron chi connectivity index (χ0n) is 8.91. The minimum absolute atomic E-state index is 0.624.